The van der Waals surface area contributed by atoms with Crippen LogP contribution in [0.1, 0.15) is 38.6 Å². The number of alkyl halides is 3. The smallest absolute Gasteiger partial charge is 0.451 e. The van der Waals surface area contributed by atoms with Crippen molar-refractivity contribution in [3.8, 4) is 5.88 Å². The van der Waals surface area contributed by atoms with E-state index in [0.717, 1.165) is 0 Å². The number of carbonyl (C=O) groups excluding carboxylic acids is 1. The Balaban J connectivity index is 1.29. The maximum atomic E-state index is 14.1. The predicted molar refractivity (Wildman–Crippen MR) is 170 cm³/mol. The number of carbonyl (C=O) groups is 2. The molecule has 49 heavy (non-hydrogen) atoms. The molecule has 0 aliphatic carbocycles. The lowest BCUT2D eigenvalue weighted by atomic mass is 9.89. The number of benzene rings is 1. The summed E-state index contributed by atoms with van der Waals surface area (Å²) >= 11 is 0. The number of pyridine rings is 1. The highest BCUT2D eigenvalue weighted by Gasteiger charge is 2.50. The number of allylic oxidation sites excluding steroid dienone is 2. The number of fused-ring (bicyclic) bond motifs is 3. The molecule has 0 amide bonds. The van der Waals surface area contributed by atoms with Crippen LogP contribution in [0.3, 0.4) is 0 Å². The summed E-state index contributed by atoms with van der Waals surface area (Å²) in [6.45, 7) is 6.46. The molecule has 7 rings (SSSR count). The molecule has 3 N–H and O–H groups in total. The highest BCUT2D eigenvalue weighted by molar-refractivity contribution is 6.20. The van der Waals surface area contributed by atoms with Crippen LogP contribution in [0.5, 0.6) is 5.88 Å². The van der Waals surface area contributed by atoms with Crippen LogP contribution in [-0.4, -0.2) is 88.5 Å². The number of furan rings is 1. The molecular weight excluding hydrogens is 649 g/mol. The molecule has 3 atom stereocenters. The standard InChI is InChI=1S/C33H33F3N6O7/c1-16(37)25(17(2)43)19-10-22(41-8-9-47-32(18(41)3)14-46-15-32)29(38-12-19)48-20-11-23(30(44)45)42(13-20)28-27-26(39-31(40-28)33(34,35)36)21-6-4-5-7-24(21)49-27/h4-7,10,12,18,20,23H,8-9,11,13-15,37H2,1-3H3,(H,44,45)/t18-,20?,23-/m0/s1. The third-order valence-electron chi connectivity index (χ3n) is 9.37. The van der Waals surface area contributed by atoms with Gasteiger partial charge in [0.05, 0.1) is 32.4 Å². The van der Waals surface area contributed by atoms with Gasteiger partial charge in [0.25, 0.3) is 0 Å². The van der Waals surface area contributed by atoms with Gasteiger partial charge in [-0.1, -0.05) is 12.1 Å². The Morgan fingerprint density at radius 3 is 2.55 bits per heavy atom. The van der Waals surface area contributed by atoms with Gasteiger partial charge in [-0.2, -0.15) is 13.2 Å². The summed E-state index contributed by atoms with van der Waals surface area (Å²) in [5, 5.41) is 10.6. The maximum Gasteiger partial charge on any atom is 0.451 e. The molecule has 0 bridgehead atoms. The molecule has 3 aliphatic heterocycles. The lowest BCUT2D eigenvalue weighted by molar-refractivity contribution is -0.228. The van der Waals surface area contributed by atoms with Crippen LogP contribution in [0.15, 0.2) is 46.6 Å². The number of ketones is 1. The number of nitrogens with zero attached hydrogens (tertiary/aromatic N) is 5. The average Bonchev–Trinajstić information content (AvgIpc) is 3.62. The van der Waals surface area contributed by atoms with Crippen molar-refractivity contribution in [2.75, 3.05) is 42.7 Å². The van der Waals surface area contributed by atoms with Gasteiger partial charge in [0.15, 0.2) is 17.2 Å². The van der Waals surface area contributed by atoms with E-state index in [-0.39, 0.29) is 53.2 Å². The number of morpholine rings is 1. The Morgan fingerprint density at radius 2 is 1.90 bits per heavy atom. The summed E-state index contributed by atoms with van der Waals surface area (Å²) < 4.78 is 66.1. The third-order valence-corrected chi connectivity index (χ3v) is 9.37. The second kappa shape index (κ2) is 11.9. The van der Waals surface area contributed by atoms with E-state index < -0.39 is 35.7 Å². The van der Waals surface area contributed by atoms with Gasteiger partial charge in [0.2, 0.25) is 11.7 Å². The second-order valence-corrected chi connectivity index (χ2v) is 12.6. The first-order valence-electron chi connectivity index (χ1n) is 15.7. The largest absolute Gasteiger partial charge is 0.480 e. The molecule has 3 fully saturated rings. The van der Waals surface area contributed by atoms with Crippen molar-refractivity contribution < 1.29 is 46.5 Å². The molecule has 1 aromatic carbocycles. The van der Waals surface area contributed by atoms with Crippen LogP contribution in [0.25, 0.3) is 27.6 Å². The lowest BCUT2D eigenvalue weighted by Crippen LogP contribution is -2.68. The number of carboxylic acid groups (broad SMARTS) is 1. The van der Waals surface area contributed by atoms with Crippen molar-refractivity contribution >= 4 is 50.9 Å². The Kier molecular flexibility index (Phi) is 7.89. The lowest BCUT2D eigenvalue weighted by Gasteiger charge is -2.53. The number of aromatic nitrogens is 3. The number of rotatable bonds is 7. The molecule has 13 nitrogen and oxygen atoms in total. The number of aliphatic carboxylic acids is 1. The fourth-order valence-electron chi connectivity index (χ4n) is 6.89. The normalized spacial score (nSPS) is 22.8. The number of para-hydroxylation sites is 1. The topological polar surface area (TPSA) is 166 Å². The summed E-state index contributed by atoms with van der Waals surface area (Å²) in [5.41, 5.74) is 7.24. The Labute approximate surface area is 277 Å². The first-order chi connectivity index (χ1) is 23.3. The van der Waals surface area contributed by atoms with E-state index in [1.54, 1.807) is 37.3 Å². The van der Waals surface area contributed by atoms with Crippen LogP contribution in [0.2, 0.25) is 0 Å². The monoisotopic (exact) mass is 682 g/mol. The second-order valence-electron chi connectivity index (χ2n) is 12.6. The number of Topliss-reactive ketones (excluding diaryl/α,β-unsaturated/α-hetero) is 1. The molecule has 0 saturated carbocycles. The number of ether oxygens (including phenoxy) is 3. The van der Waals surface area contributed by atoms with Gasteiger partial charge in [-0.25, -0.2) is 19.7 Å². The number of nitrogens with two attached hydrogens (primary N) is 1. The van der Waals surface area contributed by atoms with E-state index in [1.165, 1.54) is 18.0 Å². The first kappa shape index (κ1) is 32.6. The van der Waals surface area contributed by atoms with Crippen LogP contribution < -0.4 is 20.3 Å². The SMILES string of the molecule is CC(=O)C(=C(C)N)c1cnc(OC2C[C@@H](C(=O)O)N(c3nc(C(F)(F)F)nc4c3oc3ccccc34)C2)c(N2CCOC3(COC3)[C@@H]2C)c1. The molecule has 3 aromatic heterocycles. The first-order valence-corrected chi connectivity index (χ1v) is 15.7. The molecule has 3 aliphatic rings. The van der Waals surface area contributed by atoms with E-state index >= 15 is 0 Å². The number of hydrogen-bond acceptors (Lipinski definition) is 12. The van der Waals surface area contributed by atoms with Crippen molar-refractivity contribution in [1.82, 2.24) is 15.0 Å². The number of hydrogen-bond donors (Lipinski definition) is 2. The third kappa shape index (κ3) is 5.57. The molecule has 1 spiro atoms. The van der Waals surface area contributed by atoms with Crippen molar-refractivity contribution in [3.05, 3.63) is 53.6 Å². The van der Waals surface area contributed by atoms with E-state index in [2.05, 4.69) is 15.0 Å². The van der Waals surface area contributed by atoms with E-state index in [4.69, 9.17) is 24.4 Å². The van der Waals surface area contributed by atoms with Gasteiger partial charge in [-0.05, 0) is 39.0 Å². The molecule has 6 heterocycles. The van der Waals surface area contributed by atoms with Crippen LogP contribution >= 0.6 is 0 Å². The van der Waals surface area contributed by atoms with E-state index in [9.17, 15) is 27.9 Å². The molecule has 0 radical (unpaired) electrons. The molecule has 16 heteroatoms. The van der Waals surface area contributed by atoms with E-state index in [1.807, 2.05) is 11.8 Å². The summed E-state index contributed by atoms with van der Waals surface area (Å²) in [7, 11) is 0. The average molecular weight is 683 g/mol. The summed E-state index contributed by atoms with van der Waals surface area (Å²) in [4.78, 5) is 40.6. The fourth-order valence-corrected chi connectivity index (χ4v) is 6.89. The Morgan fingerprint density at radius 1 is 1.14 bits per heavy atom. The number of halogens is 3. The van der Waals surface area contributed by atoms with Crippen molar-refractivity contribution in [2.24, 2.45) is 5.73 Å². The highest BCUT2D eigenvalue weighted by Crippen LogP contribution is 2.42. The minimum Gasteiger partial charge on any atom is -0.480 e. The quantitative estimate of drug-likeness (QED) is 0.267. The molecule has 1 unspecified atom stereocenters. The van der Waals surface area contributed by atoms with Gasteiger partial charge in [-0.15, -0.1) is 0 Å². The van der Waals surface area contributed by atoms with Gasteiger partial charge in [0.1, 0.15) is 34.5 Å². The van der Waals surface area contributed by atoms with Gasteiger partial charge >= 0.3 is 12.1 Å². The van der Waals surface area contributed by atoms with E-state index in [0.29, 0.717) is 54.3 Å². The molecule has 4 aromatic rings. The van der Waals surface area contributed by atoms with Crippen molar-refractivity contribution in [1.29, 1.82) is 0 Å². The molecule has 3 saturated heterocycles. The zero-order chi connectivity index (χ0) is 34.8. The van der Waals surface area contributed by atoms with Crippen LogP contribution in [-0.2, 0) is 25.2 Å². The van der Waals surface area contributed by atoms with Crippen LogP contribution in [0.4, 0.5) is 24.7 Å². The summed E-state index contributed by atoms with van der Waals surface area (Å²) in [5.74, 6) is -3.12. The fraction of sp³-hybridized carbons (Fsp3) is 0.424. The zero-order valence-corrected chi connectivity index (χ0v) is 26.8. The van der Waals surface area contributed by atoms with Gasteiger partial charge < -0.3 is 39.3 Å². The van der Waals surface area contributed by atoms with Crippen molar-refractivity contribution in [2.45, 2.75) is 57.2 Å². The number of carboxylic acids is 1. The minimum atomic E-state index is -4.91. The zero-order valence-electron chi connectivity index (χ0n) is 26.8. The van der Waals surface area contributed by atoms with Gasteiger partial charge in [0, 0.05) is 41.4 Å². The number of anilines is 2. The predicted octanol–water partition coefficient (Wildman–Crippen LogP) is 4.17. The maximum absolute atomic E-state index is 14.1. The molecular formula is C33H33F3N6O7. The van der Waals surface area contributed by atoms with Crippen molar-refractivity contribution in [3.63, 3.8) is 0 Å². The minimum absolute atomic E-state index is 0.0693. The Hall–Kier alpha value is -4.96. The summed E-state index contributed by atoms with van der Waals surface area (Å²) in [6.07, 6.45) is -4.41. The van der Waals surface area contributed by atoms with Crippen LogP contribution in [0, 0.1) is 0 Å². The Bertz CT molecular complexity index is 2010. The van der Waals surface area contributed by atoms with Gasteiger partial charge in [-0.3, -0.25) is 4.79 Å². The highest BCUT2D eigenvalue weighted by atomic mass is 19.4. The summed E-state index contributed by atoms with van der Waals surface area (Å²) in [6, 6.07) is 6.70. The molecule has 258 valence electrons.